The second-order valence-corrected chi connectivity index (χ2v) is 11.0. The molecule has 5 rings (SSSR count). The van der Waals surface area contributed by atoms with Gasteiger partial charge in [0.2, 0.25) is 5.88 Å². The van der Waals surface area contributed by atoms with Crippen molar-refractivity contribution < 1.29 is 41.7 Å². The van der Waals surface area contributed by atoms with E-state index < -0.39 is 22.8 Å². The second kappa shape index (κ2) is 16.6. The number of hydrogen-bond donors (Lipinski definition) is 2. The highest BCUT2D eigenvalue weighted by Gasteiger charge is 2.33. The van der Waals surface area contributed by atoms with Gasteiger partial charge in [-0.05, 0) is 55.5 Å². The van der Waals surface area contributed by atoms with E-state index >= 15 is 0 Å². The first-order valence-electron chi connectivity index (χ1n) is 15.3. The number of nitrogens with zero attached hydrogens (tertiary/aromatic N) is 3. The van der Waals surface area contributed by atoms with Gasteiger partial charge in [-0.1, -0.05) is 11.6 Å². The number of carbonyl (C=O) groups excluding carboxylic acids is 1. The smallest absolute Gasteiger partial charge is 0.417 e. The van der Waals surface area contributed by atoms with Crippen LogP contribution in [0.5, 0.6) is 23.1 Å². The SMILES string of the molecule is CCOCCCOc1cc2ncnc(Oc3ccc(NC(=O)Nc4ccc(Cl)c(C(F)(F)F)c4)cc3)c2cc1OCCN1CCOCC1. The number of nitrogens with one attached hydrogen (secondary N) is 2. The lowest BCUT2D eigenvalue weighted by Gasteiger charge is -2.26. The van der Waals surface area contributed by atoms with Crippen molar-refractivity contribution in [2.24, 2.45) is 0 Å². The number of amides is 2. The Kier molecular flexibility index (Phi) is 12.1. The van der Waals surface area contributed by atoms with Crippen LogP contribution >= 0.6 is 11.6 Å². The van der Waals surface area contributed by atoms with Crippen molar-refractivity contribution in [1.82, 2.24) is 14.9 Å². The van der Waals surface area contributed by atoms with Crippen molar-refractivity contribution >= 4 is 39.9 Å². The Morgan fingerprint density at radius 3 is 2.40 bits per heavy atom. The second-order valence-electron chi connectivity index (χ2n) is 10.6. The molecule has 0 spiro atoms. The van der Waals surface area contributed by atoms with Crippen LogP contribution in [0, 0.1) is 0 Å². The third-order valence-electron chi connectivity index (χ3n) is 7.18. The third kappa shape index (κ3) is 9.83. The summed E-state index contributed by atoms with van der Waals surface area (Å²) in [5.74, 6) is 1.77. The highest BCUT2D eigenvalue weighted by atomic mass is 35.5. The minimum atomic E-state index is -4.66. The van der Waals surface area contributed by atoms with Gasteiger partial charge in [0.15, 0.2) is 11.5 Å². The van der Waals surface area contributed by atoms with Gasteiger partial charge in [-0.3, -0.25) is 4.90 Å². The first-order valence-corrected chi connectivity index (χ1v) is 15.7. The topological polar surface area (TPSA) is 116 Å². The molecule has 4 aromatic rings. The summed E-state index contributed by atoms with van der Waals surface area (Å²) < 4.78 is 68.7. The minimum absolute atomic E-state index is 0.0664. The van der Waals surface area contributed by atoms with Crippen molar-refractivity contribution in [3.8, 4) is 23.1 Å². The van der Waals surface area contributed by atoms with Crippen LogP contribution in [0.25, 0.3) is 10.9 Å². The standard InChI is InChI=1S/C33H35ClF3N5O6/c1-2-44-13-3-14-46-30-20-28-25(19-29(30)47-17-12-42-10-15-45-16-11-42)31(39-21-38-28)48-24-7-4-22(5-8-24)40-32(43)41-23-6-9-27(34)26(18-23)33(35,36)37/h4-9,18-21H,2-3,10-17H2,1H3,(H2,40,41,43). The van der Waals surface area contributed by atoms with Crippen molar-refractivity contribution in [1.29, 1.82) is 0 Å². The molecule has 0 aliphatic carbocycles. The summed E-state index contributed by atoms with van der Waals surface area (Å²) in [6.45, 7) is 7.85. The highest BCUT2D eigenvalue weighted by Crippen LogP contribution is 2.37. The number of ether oxygens (including phenoxy) is 5. The number of anilines is 2. The van der Waals surface area contributed by atoms with Crippen LogP contribution in [0.1, 0.15) is 18.9 Å². The van der Waals surface area contributed by atoms with Crippen LogP contribution in [0.4, 0.5) is 29.3 Å². The quantitative estimate of drug-likeness (QED) is 0.132. The maximum Gasteiger partial charge on any atom is 0.417 e. The number of carbonyl (C=O) groups is 1. The highest BCUT2D eigenvalue weighted by molar-refractivity contribution is 6.31. The average molecular weight is 690 g/mol. The number of urea groups is 1. The van der Waals surface area contributed by atoms with Crippen LogP contribution in [0.2, 0.25) is 5.02 Å². The summed E-state index contributed by atoms with van der Waals surface area (Å²) in [5, 5.41) is 5.09. The Labute approximate surface area is 280 Å². The van der Waals surface area contributed by atoms with E-state index in [1.807, 2.05) is 6.92 Å². The van der Waals surface area contributed by atoms with Gasteiger partial charge in [-0.15, -0.1) is 0 Å². The molecule has 2 N–H and O–H groups in total. The third-order valence-corrected chi connectivity index (χ3v) is 7.51. The molecule has 11 nitrogen and oxygen atoms in total. The number of rotatable bonds is 14. The summed E-state index contributed by atoms with van der Waals surface area (Å²) in [6, 6.07) is 12.3. The van der Waals surface area contributed by atoms with Gasteiger partial charge in [-0.2, -0.15) is 13.2 Å². The zero-order chi connectivity index (χ0) is 33.9. The first-order chi connectivity index (χ1) is 23.2. The summed E-state index contributed by atoms with van der Waals surface area (Å²) in [6.07, 6.45) is -2.56. The molecule has 0 saturated carbocycles. The van der Waals surface area contributed by atoms with E-state index in [0.717, 1.165) is 31.8 Å². The largest absolute Gasteiger partial charge is 0.490 e. The lowest BCUT2D eigenvalue weighted by Crippen LogP contribution is -2.38. The molecule has 1 aliphatic heterocycles. The van der Waals surface area contributed by atoms with Crippen LogP contribution in [-0.2, 0) is 15.7 Å². The Hall–Kier alpha value is -4.37. The molecule has 2 amide bonds. The monoisotopic (exact) mass is 689 g/mol. The van der Waals surface area contributed by atoms with E-state index in [0.29, 0.717) is 79.9 Å². The first kappa shape index (κ1) is 35.0. The molecule has 0 atom stereocenters. The van der Waals surface area contributed by atoms with E-state index in [4.69, 9.17) is 35.3 Å². The molecule has 15 heteroatoms. The molecular formula is C33H35ClF3N5O6. The Morgan fingerprint density at radius 2 is 1.65 bits per heavy atom. The molecule has 256 valence electrons. The average Bonchev–Trinajstić information content (AvgIpc) is 3.06. The van der Waals surface area contributed by atoms with Crippen LogP contribution in [0.3, 0.4) is 0 Å². The fourth-order valence-corrected chi connectivity index (χ4v) is 5.00. The summed E-state index contributed by atoms with van der Waals surface area (Å²) in [5.41, 5.74) is -0.150. The maximum atomic E-state index is 13.2. The number of hydrogen-bond acceptors (Lipinski definition) is 9. The molecule has 2 heterocycles. The van der Waals surface area contributed by atoms with Crippen LogP contribution < -0.4 is 24.8 Å². The Balaban J connectivity index is 1.26. The molecule has 1 saturated heterocycles. The van der Waals surface area contributed by atoms with Gasteiger partial charge < -0.3 is 34.3 Å². The molecule has 48 heavy (non-hydrogen) atoms. The lowest BCUT2D eigenvalue weighted by atomic mass is 10.2. The van der Waals surface area contributed by atoms with Gasteiger partial charge >= 0.3 is 12.2 Å². The molecule has 0 radical (unpaired) electrons. The number of fused-ring (bicyclic) bond motifs is 1. The fourth-order valence-electron chi connectivity index (χ4n) is 4.78. The summed E-state index contributed by atoms with van der Waals surface area (Å²) in [7, 11) is 0. The van der Waals surface area contributed by atoms with Gasteiger partial charge in [-0.25, -0.2) is 14.8 Å². The Morgan fingerprint density at radius 1 is 0.938 bits per heavy atom. The van der Waals surface area contributed by atoms with Crippen molar-refractivity contribution in [3.05, 3.63) is 71.5 Å². The van der Waals surface area contributed by atoms with E-state index in [9.17, 15) is 18.0 Å². The maximum absolute atomic E-state index is 13.2. The normalized spacial score (nSPS) is 13.7. The van der Waals surface area contributed by atoms with Crippen LogP contribution in [-0.4, -0.2) is 80.2 Å². The van der Waals surface area contributed by atoms with Crippen LogP contribution in [0.15, 0.2) is 60.9 Å². The summed E-state index contributed by atoms with van der Waals surface area (Å²) >= 11 is 5.66. The summed E-state index contributed by atoms with van der Waals surface area (Å²) in [4.78, 5) is 23.5. The van der Waals surface area contributed by atoms with Crippen molar-refractivity contribution in [3.63, 3.8) is 0 Å². The Bertz CT molecular complexity index is 1670. The molecule has 0 bridgehead atoms. The van der Waals surface area contributed by atoms with Gasteiger partial charge in [0.05, 0.1) is 41.3 Å². The number of alkyl halides is 3. The molecule has 1 aromatic heterocycles. The lowest BCUT2D eigenvalue weighted by molar-refractivity contribution is -0.137. The molecule has 1 aliphatic rings. The van der Waals surface area contributed by atoms with Crippen molar-refractivity contribution in [2.75, 3.05) is 69.9 Å². The van der Waals surface area contributed by atoms with E-state index in [-0.39, 0.29) is 11.6 Å². The molecule has 0 unspecified atom stereocenters. The minimum Gasteiger partial charge on any atom is -0.490 e. The van der Waals surface area contributed by atoms with Gasteiger partial charge in [0.1, 0.15) is 18.7 Å². The van der Waals surface area contributed by atoms with E-state index in [1.165, 1.54) is 12.4 Å². The fraction of sp³-hybridized carbons (Fsp3) is 0.364. The predicted octanol–water partition coefficient (Wildman–Crippen LogP) is 7.25. The van der Waals surface area contributed by atoms with E-state index in [1.54, 1.807) is 36.4 Å². The van der Waals surface area contributed by atoms with E-state index in [2.05, 4.69) is 25.5 Å². The number of halogens is 4. The number of morpholine rings is 1. The van der Waals surface area contributed by atoms with Gasteiger partial charge in [0, 0.05) is 56.7 Å². The van der Waals surface area contributed by atoms with Gasteiger partial charge in [0.25, 0.3) is 0 Å². The molecule has 3 aromatic carbocycles. The molecule has 1 fully saturated rings. The molecular weight excluding hydrogens is 655 g/mol. The number of benzene rings is 3. The number of aromatic nitrogens is 2. The zero-order valence-electron chi connectivity index (χ0n) is 26.1. The van der Waals surface area contributed by atoms with Crippen molar-refractivity contribution in [2.45, 2.75) is 19.5 Å². The zero-order valence-corrected chi connectivity index (χ0v) is 26.9. The predicted molar refractivity (Wildman–Crippen MR) is 175 cm³/mol.